The molecule has 3 rings (SSSR count). The summed E-state index contributed by atoms with van der Waals surface area (Å²) < 4.78 is 46.6. The third-order valence-corrected chi connectivity index (χ3v) is 4.86. The van der Waals surface area contributed by atoms with Gasteiger partial charge >= 0.3 is 6.18 Å². The van der Waals surface area contributed by atoms with Crippen LogP contribution < -0.4 is 10.1 Å². The molecule has 0 bridgehead atoms. The van der Waals surface area contributed by atoms with Gasteiger partial charge in [0.2, 0.25) is 5.91 Å². The highest BCUT2D eigenvalue weighted by molar-refractivity contribution is 6.31. The number of β-amino-alcohol motifs (C(OH)–C–C–N with tert-alkyl or cyclic N) is 1. The molecule has 2 heterocycles. The second-order valence-corrected chi connectivity index (χ2v) is 7.01. The number of nitrogens with zero attached hydrogens (tertiary/aromatic N) is 3. The SMILES string of the molecule is COc1ccc(Cl)cc1NC(=O)Cn1nc(C(F)(F)F)c2c1CCN(CCO)C2. The maximum Gasteiger partial charge on any atom is 0.435 e. The predicted molar refractivity (Wildman–Crippen MR) is 99.9 cm³/mol. The molecule has 7 nitrogen and oxygen atoms in total. The van der Waals surface area contributed by atoms with Gasteiger partial charge in [-0.2, -0.15) is 18.3 Å². The molecule has 1 aromatic carbocycles. The van der Waals surface area contributed by atoms with Crippen molar-refractivity contribution in [2.75, 3.05) is 32.1 Å². The molecule has 1 aliphatic rings. The molecule has 29 heavy (non-hydrogen) atoms. The highest BCUT2D eigenvalue weighted by Gasteiger charge is 2.40. The molecule has 0 radical (unpaired) electrons. The molecule has 0 saturated carbocycles. The van der Waals surface area contributed by atoms with Crippen molar-refractivity contribution in [2.24, 2.45) is 0 Å². The van der Waals surface area contributed by atoms with E-state index in [-0.39, 0.29) is 31.8 Å². The highest BCUT2D eigenvalue weighted by atomic mass is 35.5. The first kappa shape index (κ1) is 21.4. The fraction of sp³-hybridized carbons (Fsp3) is 0.444. The molecule has 1 aliphatic heterocycles. The lowest BCUT2D eigenvalue weighted by Gasteiger charge is -2.27. The zero-order valence-electron chi connectivity index (χ0n) is 15.6. The molecule has 0 saturated heterocycles. The number of hydrogen-bond acceptors (Lipinski definition) is 5. The fourth-order valence-electron chi connectivity index (χ4n) is 3.34. The number of aliphatic hydroxyl groups is 1. The van der Waals surface area contributed by atoms with Crippen LogP contribution in [0.2, 0.25) is 5.02 Å². The van der Waals surface area contributed by atoms with Gasteiger partial charge in [0.05, 0.1) is 19.4 Å². The van der Waals surface area contributed by atoms with Crippen molar-refractivity contribution in [3.05, 3.63) is 40.2 Å². The number of nitrogens with one attached hydrogen (secondary N) is 1. The monoisotopic (exact) mass is 432 g/mol. The van der Waals surface area contributed by atoms with Crippen LogP contribution in [0.15, 0.2) is 18.2 Å². The first-order valence-electron chi connectivity index (χ1n) is 8.85. The van der Waals surface area contributed by atoms with Crippen LogP contribution in [-0.4, -0.2) is 52.5 Å². The van der Waals surface area contributed by atoms with E-state index >= 15 is 0 Å². The first-order chi connectivity index (χ1) is 13.7. The normalized spacial score (nSPS) is 14.6. The fourth-order valence-corrected chi connectivity index (χ4v) is 3.51. The number of rotatable bonds is 6. The van der Waals surface area contributed by atoms with E-state index in [1.165, 1.54) is 13.2 Å². The minimum atomic E-state index is -4.63. The number of carbonyl (C=O) groups is 1. The van der Waals surface area contributed by atoms with E-state index in [1.54, 1.807) is 17.0 Å². The van der Waals surface area contributed by atoms with E-state index < -0.39 is 17.8 Å². The number of carbonyl (C=O) groups excluding carboxylic acids is 1. The minimum Gasteiger partial charge on any atom is -0.495 e. The van der Waals surface area contributed by atoms with Crippen molar-refractivity contribution in [1.29, 1.82) is 0 Å². The average Bonchev–Trinajstić information content (AvgIpc) is 3.00. The van der Waals surface area contributed by atoms with Gasteiger partial charge in [-0.1, -0.05) is 11.6 Å². The summed E-state index contributed by atoms with van der Waals surface area (Å²) in [6.07, 6.45) is -4.34. The highest BCUT2D eigenvalue weighted by Crippen LogP contribution is 2.35. The molecule has 158 valence electrons. The molecule has 0 atom stereocenters. The van der Waals surface area contributed by atoms with Crippen molar-refractivity contribution < 1.29 is 27.8 Å². The molecular weight excluding hydrogens is 413 g/mol. The number of amides is 1. The Labute approximate surface area is 170 Å². The summed E-state index contributed by atoms with van der Waals surface area (Å²) in [7, 11) is 1.43. The van der Waals surface area contributed by atoms with Crippen LogP contribution in [0.3, 0.4) is 0 Å². The van der Waals surface area contributed by atoms with Crippen molar-refractivity contribution >= 4 is 23.2 Å². The standard InChI is InChI=1S/C18H20ClF3N4O3/c1-29-15-3-2-11(19)8-13(15)23-16(28)10-26-14-4-5-25(6-7-27)9-12(14)17(24-26)18(20,21)22/h2-3,8,27H,4-7,9-10H2,1H3,(H,23,28). The van der Waals surface area contributed by atoms with Gasteiger partial charge in [-0.3, -0.25) is 14.4 Å². The van der Waals surface area contributed by atoms with Crippen molar-refractivity contribution in [3.63, 3.8) is 0 Å². The second-order valence-electron chi connectivity index (χ2n) is 6.57. The Balaban J connectivity index is 1.84. The number of fused-ring (bicyclic) bond motifs is 1. The molecule has 1 amide bonds. The van der Waals surface area contributed by atoms with Gasteiger partial charge in [0.15, 0.2) is 5.69 Å². The molecule has 0 aliphatic carbocycles. The van der Waals surface area contributed by atoms with Gasteiger partial charge in [0, 0.05) is 42.3 Å². The Morgan fingerprint density at radius 3 is 2.83 bits per heavy atom. The summed E-state index contributed by atoms with van der Waals surface area (Å²) in [4.78, 5) is 14.2. The number of aromatic nitrogens is 2. The zero-order valence-corrected chi connectivity index (χ0v) is 16.3. The summed E-state index contributed by atoms with van der Waals surface area (Å²) in [5.74, 6) is -0.178. The number of benzene rings is 1. The van der Waals surface area contributed by atoms with Gasteiger partial charge < -0.3 is 15.2 Å². The number of aliphatic hydroxyl groups excluding tert-OH is 1. The van der Waals surface area contributed by atoms with Crippen LogP contribution in [0.5, 0.6) is 5.75 Å². The maximum atomic E-state index is 13.5. The summed E-state index contributed by atoms with van der Waals surface area (Å²) in [6, 6.07) is 4.66. The quantitative estimate of drug-likeness (QED) is 0.733. The lowest BCUT2D eigenvalue weighted by molar-refractivity contribution is -0.142. The summed E-state index contributed by atoms with van der Waals surface area (Å²) in [5, 5.41) is 15.7. The van der Waals surface area contributed by atoms with Gasteiger partial charge in [-0.05, 0) is 18.2 Å². The molecule has 0 spiro atoms. The van der Waals surface area contributed by atoms with Crippen LogP contribution in [0.1, 0.15) is 17.0 Å². The van der Waals surface area contributed by atoms with Crippen LogP contribution in [0, 0.1) is 0 Å². The summed E-state index contributed by atoms with van der Waals surface area (Å²) >= 11 is 5.93. The molecule has 1 aromatic heterocycles. The lowest BCUT2D eigenvalue weighted by Crippen LogP contribution is -2.34. The Morgan fingerprint density at radius 2 is 2.17 bits per heavy atom. The molecule has 0 fully saturated rings. The van der Waals surface area contributed by atoms with Gasteiger partial charge in [-0.25, -0.2) is 0 Å². The lowest BCUT2D eigenvalue weighted by atomic mass is 10.0. The van der Waals surface area contributed by atoms with Crippen molar-refractivity contribution in [3.8, 4) is 5.75 Å². The van der Waals surface area contributed by atoms with Gasteiger partial charge in [0.1, 0.15) is 12.3 Å². The first-order valence-corrected chi connectivity index (χ1v) is 9.23. The third-order valence-electron chi connectivity index (χ3n) is 4.63. The number of ether oxygens (including phenoxy) is 1. The van der Waals surface area contributed by atoms with E-state index in [2.05, 4.69) is 10.4 Å². The van der Waals surface area contributed by atoms with Gasteiger partial charge in [0.25, 0.3) is 0 Å². The van der Waals surface area contributed by atoms with Crippen LogP contribution in [-0.2, 0) is 30.5 Å². The predicted octanol–water partition coefficient (Wildman–Crippen LogP) is 2.55. The van der Waals surface area contributed by atoms with E-state index in [4.69, 9.17) is 21.4 Å². The Kier molecular flexibility index (Phi) is 6.35. The van der Waals surface area contributed by atoms with E-state index in [0.29, 0.717) is 35.1 Å². The third kappa shape index (κ3) is 4.82. The molecule has 11 heteroatoms. The van der Waals surface area contributed by atoms with E-state index in [1.807, 2.05) is 0 Å². The summed E-state index contributed by atoms with van der Waals surface area (Å²) in [5.41, 5.74) is -0.260. The van der Waals surface area contributed by atoms with Crippen LogP contribution in [0.4, 0.5) is 18.9 Å². The van der Waals surface area contributed by atoms with E-state index in [9.17, 15) is 18.0 Å². The number of halogens is 4. The summed E-state index contributed by atoms with van der Waals surface area (Å²) in [6.45, 7) is 0.245. The van der Waals surface area contributed by atoms with Crippen molar-refractivity contribution in [2.45, 2.75) is 25.7 Å². The number of anilines is 1. The van der Waals surface area contributed by atoms with Crippen LogP contribution >= 0.6 is 11.6 Å². The topological polar surface area (TPSA) is 79.6 Å². The van der Waals surface area contributed by atoms with Crippen molar-refractivity contribution in [1.82, 2.24) is 14.7 Å². The second kappa shape index (κ2) is 8.60. The molecule has 2 aromatic rings. The molecular formula is C18H20ClF3N4O3. The average molecular weight is 433 g/mol. The molecule has 2 N–H and O–H groups in total. The number of alkyl halides is 3. The minimum absolute atomic E-state index is 0.0223. The Morgan fingerprint density at radius 1 is 1.41 bits per heavy atom. The smallest absolute Gasteiger partial charge is 0.435 e. The number of methoxy groups -OCH3 is 1. The Bertz CT molecular complexity index is 901. The zero-order chi connectivity index (χ0) is 21.2. The van der Waals surface area contributed by atoms with Gasteiger partial charge in [-0.15, -0.1) is 0 Å². The maximum absolute atomic E-state index is 13.5. The number of hydrogen-bond donors (Lipinski definition) is 2. The van der Waals surface area contributed by atoms with E-state index in [0.717, 1.165) is 4.68 Å². The Hall–Kier alpha value is -2.30. The molecule has 0 unspecified atom stereocenters. The largest absolute Gasteiger partial charge is 0.495 e. The van der Waals surface area contributed by atoms with Crippen LogP contribution in [0.25, 0.3) is 0 Å².